The first-order valence-electron chi connectivity index (χ1n) is 16.0. The summed E-state index contributed by atoms with van der Waals surface area (Å²) in [4.78, 5) is 2.44. The molecule has 0 saturated heterocycles. The number of anilines is 3. The van der Waals surface area contributed by atoms with Crippen molar-refractivity contribution in [1.82, 2.24) is 0 Å². The van der Waals surface area contributed by atoms with E-state index in [1.54, 1.807) is 0 Å². The summed E-state index contributed by atoms with van der Waals surface area (Å²) in [5.74, 6) is 0. The summed E-state index contributed by atoms with van der Waals surface area (Å²) in [6, 6.07) is 52.7. The van der Waals surface area contributed by atoms with Crippen molar-refractivity contribution in [2.45, 2.75) is 26.2 Å². The molecule has 1 aliphatic rings. The maximum absolute atomic E-state index is 6.51. The fraction of sp³-hybridized carbons (Fsp3) is 0.0909. The van der Waals surface area contributed by atoms with E-state index in [0.717, 1.165) is 49.8 Å². The van der Waals surface area contributed by atoms with Crippen LogP contribution in [-0.4, -0.2) is 0 Å². The molecule has 9 rings (SSSR count). The molecule has 1 aliphatic carbocycles. The maximum atomic E-state index is 6.51. The Hall–Kier alpha value is -5.60. The number of hydrogen-bond acceptors (Lipinski definition) is 2. The molecule has 1 heterocycles. The highest BCUT2D eigenvalue weighted by Crippen LogP contribution is 2.51. The SMILES string of the molecule is Cc1cc(-c2ccccc2)ccc1N(c1ccc2c(c1)C(C)(C)c1ccccc1-2)c1cccc2c1ccc1c3ccccc3oc21. The second-order valence-electron chi connectivity index (χ2n) is 13.0. The molecule has 0 unspecified atom stereocenters. The zero-order valence-corrected chi connectivity index (χ0v) is 26.2. The molecular formula is C44H33NO. The number of nitrogens with zero attached hydrogens (tertiary/aromatic N) is 1. The molecular weight excluding hydrogens is 558 g/mol. The molecule has 2 nitrogen and oxygen atoms in total. The van der Waals surface area contributed by atoms with Gasteiger partial charge < -0.3 is 9.32 Å². The average molecular weight is 592 g/mol. The molecule has 0 amide bonds. The molecule has 0 spiro atoms. The van der Waals surface area contributed by atoms with Crippen molar-refractivity contribution in [2.24, 2.45) is 0 Å². The van der Waals surface area contributed by atoms with E-state index in [4.69, 9.17) is 4.42 Å². The lowest BCUT2D eigenvalue weighted by atomic mass is 9.82. The lowest BCUT2D eigenvalue weighted by molar-refractivity contribution is 0.660. The Bertz CT molecular complexity index is 2470. The molecule has 2 heteroatoms. The summed E-state index contributed by atoms with van der Waals surface area (Å²) in [5.41, 5.74) is 14.2. The third kappa shape index (κ3) is 3.90. The van der Waals surface area contributed by atoms with Gasteiger partial charge in [0.2, 0.25) is 0 Å². The van der Waals surface area contributed by atoms with Gasteiger partial charge in [-0.2, -0.15) is 0 Å². The van der Waals surface area contributed by atoms with Gasteiger partial charge in [-0.15, -0.1) is 0 Å². The maximum Gasteiger partial charge on any atom is 0.143 e. The van der Waals surface area contributed by atoms with Crippen molar-refractivity contribution in [3.05, 3.63) is 162 Å². The second-order valence-corrected chi connectivity index (χ2v) is 13.0. The van der Waals surface area contributed by atoms with Crippen molar-refractivity contribution < 1.29 is 4.42 Å². The minimum Gasteiger partial charge on any atom is -0.455 e. The van der Waals surface area contributed by atoms with Gasteiger partial charge >= 0.3 is 0 Å². The molecule has 46 heavy (non-hydrogen) atoms. The van der Waals surface area contributed by atoms with Gasteiger partial charge in [0.25, 0.3) is 0 Å². The van der Waals surface area contributed by atoms with E-state index in [-0.39, 0.29) is 5.41 Å². The van der Waals surface area contributed by atoms with Crippen LogP contribution in [0, 0.1) is 6.92 Å². The van der Waals surface area contributed by atoms with Gasteiger partial charge in [0.05, 0.1) is 5.69 Å². The van der Waals surface area contributed by atoms with Gasteiger partial charge in [0.15, 0.2) is 0 Å². The molecule has 7 aromatic carbocycles. The molecule has 0 radical (unpaired) electrons. The first-order valence-corrected chi connectivity index (χ1v) is 16.0. The fourth-order valence-corrected chi connectivity index (χ4v) is 7.67. The van der Waals surface area contributed by atoms with Gasteiger partial charge in [-0.3, -0.25) is 0 Å². The van der Waals surface area contributed by atoms with E-state index in [2.05, 4.69) is 165 Å². The molecule has 1 aromatic heterocycles. The normalized spacial score (nSPS) is 13.3. The van der Waals surface area contributed by atoms with Gasteiger partial charge in [0.1, 0.15) is 11.2 Å². The van der Waals surface area contributed by atoms with Crippen LogP contribution in [0.1, 0.15) is 30.5 Å². The van der Waals surface area contributed by atoms with Crippen molar-refractivity contribution in [1.29, 1.82) is 0 Å². The van der Waals surface area contributed by atoms with Crippen molar-refractivity contribution in [3.63, 3.8) is 0 Å². The van der Waals surface area contributed by atoms with Crippen LogP contribution < -0.4 is 4.90 Å². The molecule has 0 saturated carbocycles. The van der Waals surface area contributed by atoms with Crippen molar-refractivity contribution in [2.75, 3.05) is 4.90 Å². The minimum atomic E-state index is -0.0982. The summed E-state index contributed by atoms with van der Waals surface area (Å²) in [7, 11) is 0. The number of para-hydroxylation sites is 1. The third-order valence-corrected chi connectivity index (χ3v) is 9.99. The van der Waals surface area contributed by atoms with Crippen molar-refractivity contribution in [3.8, 4) is 22.3 Å². The molecule has 0 fully saturated rings. The first-order chi connectivity index (χ1) is 22.5. The smallest absolute Gasteiger partial charge is 0.143 e. The van der Waals surface area contributed by atoms with Crippen LogP contribution in [0.25, 0.3) is 55.0 Å². The van der Waals surface area contributed by atoms with E-state index in [0.29, 0.717) is 0 Å². The van der Waals surface area contributed by atoms with E-state index < -0.39 is 0 Å². The van der Waals surface area contributed by atoms with E-state index in [1.807, 2.05) is 6.07 Å². The topological polar surface area (TPSA) is 16.4 Å². The molecule has 220 valence electrons. The fourth-order valence-electron chi connectivity index (χ4n) is 7.67. The largest absolute Gasteiger partial charge is 0.455 e. The van der Waals surface area contributed by atoms with Crippen LogP contribution in [0.3, 0.4) is 0 Å². The van der Waals surface area contributed by atoms with E-state index in [1.165, 1.54) is 38.9 Å². The van der Waals surface area contributed by atoms with Gasteiger partial charge in [-0.1, -0.05) is 117 Å². The zero-order chi connectivity index (χ0) is 31.0. The lowest BCUT2D eigenvalue weighted by Crippen LogP contribution is -2.17. The number of furan rings is 1. The molecule has 0 N–H and O–H groups in total. The van der Waals surface area contributed by atoms with Crippen LogP contribution in [0.2, 0.25) is 0 Å². The van der Waals surface area contributed by atoms with Gasteiger partial charge in [0, 0.05) is 38.3 Å². The summed E-state index contributed by atoms with van der Waals surface area (Å²) in [6.07, 6.45) is 0. The number of aryl methyl sites for hydroxylation is 1. The monoisotopic (exact) mass is 591 g/mol. The summed E-state index contributed by atoms with van der Waals surface area (Å²) >= 11 is 0. The summed E-state index contributed by atoms with van der Waals surface area (Å²) in [5, 5.41) is 4.56. The Morgan fingerprint density at radius 1 is 0.500 bits per heavy atom. The number of hydrogen-bond donors (Lipinski definition) is 0. The second kappa shape index (κ2) is 9.95. The summed E-state index contributed by atoms with van der Waals surface area (Å²) in [6.45, 7) is 6.92. The highest BCUT2D eigenvalue weighted by atomic mass is 16.3. The molecule has 0 aliphatic heterocycles. The lowest BCUT2D eigenvalue weighted by Gasteiger charge is -2.30. The average Bonchev–Trinajstić information content (AvgIpc) is 3.59. The standard InChI is InChI=1S/C44H33NO/c1-28-26-30(29-12-5-4-6-13-29)20-25-40(28)45(31-21-22-33-32-14-7-9-17-38(32)44(2,3)39(33)27-31)41-18-11-16-36-34(41)23-24-37-35-15-8-10-19-42(35)46-43(36)37/h4-27H,1-3H3. The third-order valence-electron chi connectivity index (χ3n) is 9.99. The predicted octanol–water partition coefficient (Wildman–Crippen LogP) is 12.5. The van der Waals surface area contributed by atoms with Crippen molar-refractivity contribution >= 4 is 49.8 Å². The molecule has 8 aromatic rings. The zero-order valence-electron chi connectivity index (χ0n) is 26.2. The van der Waals surface area contributed by atoms with E-state index in [9.17, 15) is 0 Å². The number of fused-ring (bicyclic) bond motifs is 8. The molecule has 0 atom stereocenters. The minimum absolute atomic E-state index is 0.0982. The highest BCUT2D eigenvalue weighted by molar-refractivity contribution is 6.17. The summed E-state index contributed by atoms with van der Waals surface area (Å²) < 4.78 is 6.51. The Morgan fingerprint density at radius 2 is 1.22 bits per heavy atom. The molecule has 0 bridgehead atoms. The van der Waals surface area contributed by atoms with Crippen LogP contribution in [0.4, 0.5) is 17.1 Å². The van der Waals surface area contributed by atoms with Crippen LogP contribution in [0.5, 0.6) is 0 Å². The number of benzene rings is 7. The first kappa shape index (κ1) is 26.8. The van der Waals surface area contributed by atoms with Gasteiger partial charge in [-0.25, -0.2) is 0 Å². The number of rotatable bonds is 4. The van der Waals surface area contributed by atoms with Gasteiger partial charge in [-0.05, 0) is 88.3 Å². The Balaban J connectivity index is 1.29. The van der Waals surface area contributed by atoms with Crippen LogP contribution in [-0.2, 0) is 5.41 Å². The van der Waals surface area contributed by atoms with E-state index >= 15 is 0 Å². The van der Waals surface area contributed by atoms with Crippen LogP contribution in [0.15, 0.2) is 150 Å². The quantitative estimate of drug-likeness (QED) is 0.202. The Labute approximate surface area is 269 Å². The predicted molar refractivity (Wildman–Crippen MR) is 194 cm³/mol. The Kier molecular flexibility index (Phi) is 5.79. The highest BCUT2D eigenvalue weighted by Gasteiger charge is 2.36. The Morgan fingerprint density at radius 3 is 2.09 bits per heavy atom. The van der Waals surface area contributed by atoms with Crippen LogP contribution >= 0.6 is 0 Å².